The topological polar surface area (TPSA) is 3.24 Å². The van der Waals surface area contributed by atoms with Crippen LogP contribution in [0, 0.1) is 0 Å². The van der Waals surface area contributed by atoms with Gasteiger partial charge in [-0.25, -0.2) is 0 Å². The predicted octanol–water partition coefficient (Wildman–Crippen LogP) is 14.6. The first kappa shape index (κ1) is 42.5. The molecule has 43 heavy (non-hydrogen) atoms. The molecule has 0 spiro atoms. The van der Waals surface area contributed by atoms with E-state index in [9.17, 15) is 0 Å². The van der Waals surface area contributed by atoms with E-state index >= 15 is 0 Å². The fourth-order valence-electron chi connectivity index (χ4n) is 7.09. The van der Waals surface area contributed by atoms with Crippen molar-refractivity contribution in [2.24, 2.45) is 0 Å². The Morgan fingerprint density at radius 2 is 0.651 bits per heavy atom. The van der Waals surface area contributed by atoms with Gasteiger partial charge in [-0.15, -0.1) is 12.4 Å². The number of benzene rings is 1. The smallest absolute Gasteiger partial charge is 0.0454 e. The lowest BCUT2D eigenvalue weighted by Crippen LogP contribution is -2.41. The fourth-order valence-corrected chi connectivity index (χ4v) is 7.09. The Kier molecular flexibility index (Phi) is 31.1. The average Bonchev–Trinajstić information content (AvgIpc) is 3.00. The first-order valence-electron chi connectivity index (χ1n) is 19.4. The zero-order valence-corrected chi connectivity index (χ0v) is 30.8. The van der Waals surface area contributed by atoms with Gasteiger partial charge in [0.15, 0.2) is 0 Å². The fraction of sp³-hybridized carbons (Fsp3) is 0.854. The summed E-state index contributed by atoms with van der Waals surface area (Å²) in [7, 11) is 4.67. The van der Waals surface area contributed by atoms with Crippen LogP contribution >= 0.6 is 12.4 Å². The molecule has 0 saturated carbocycles. The molecule has 0 fully saturated rings. The van der Waals surface area contributed by atoms with Crippen LogP contribution in [-0.4, -0.2) is 19.0 Å². The molecular weight excluding hydrogens is 542 g/mol. The van der Waals surface area contributed by atoms with Crippen molar-refractivity contribution in [3.05, 3.63) is 35.9 Å². The second-order valence-corrected chi connectivity index (χ2v) is 14.0. The summed E-state index contributed by atoms with van der Waals surface area (Å²) in [5.41, 5.74) is 1.74. The molecule has 0 aliphatic rings. The minimum atomic E-state index is 0. The maximum Gasteiger partial charge on any atom is 0.0454 e. The zero-order chi connectivity index (χ0) is 30.4. The van der Waals surface area contributed by atoms with Gasteiger partial charge in [0, 0.05) is 5.54 Å². The van der Waals surface area contributed by atoms with Crippen LogP contribution < -0.4 is 0 Å². The van der Waals surface area contributed by atoms with E-state index in [2.05, 4.69) is 63.2 Å². The Labute approximate surface area is 278 Å². The zero-order valence-electron chi connectivity index (χ0n) is 30.0. The lowest BCUT2D eigenvalue weighted by atomic mass is 9.79. The third-order valence-corrected chi connectivity index (χ3v) is 10.1. The molecule has 254 valence electrons. The van der Waals surface area contributed by atoms with Gasteiger partial charge in [-0.3, -0.25) is 4.90 Å². The van der Waals surface area contributed by atoms with Crippen molar-refractivity contribution in [3.63, 3.8) is 0 Å². The molecule has 0 aromatic heterocycles. The van der Waals surface area contributed by atoms with Crippen molar-refractivity contribution in [2.75, 3.05) is 14.1 Å². The lowest BCUT2D eigenvalue weighted by molar-refractivity contribution is 0.117. The summed E-state index contributed by atoms with van der Waals surface area (Å²) in [4.78, 5) is 2.56. The summed E-state index contributed by atoms with van der Waals surface area (Å²) in [6, 6.07) is 11.5. The van der Waals surface area contributed by atoms with Gasteiger partial charge in [0.2, 0.25) is 0 Å². The van der Waals surface area contributed by atoms with Crippen molar-refractivity contribution in [1.82, 2.24) is 4.90 Å². The predicted molar refractivity (Wildman–Crippen MR) is 199 cm³/mol. The van der Waals surface area contributed by atoms with E-state index in [-0.39, 0.29) is 17.9 Å². The molecule has 2 heteroatoms. The molecule has 0 bridgehead atoms. The van der Waals surface area contributed by atoms with Gasteiger partial charge >= 0.3 is 0 Å². The highest BCUT2D eigenvalue weighted by molar-refractivity contribution is 5.85. The van der Waals surface area contributed by atoms with Gasteiger partial charge < -0.3 is 0 Å². The largest absolute Gasteiger partial charge is 0.300 e. The monoisotopic (exact) mass is 620 g/mol. The highest BCUT2D eigenvalue weighted by Crippen LogP contribution is 2.38. The van der Waals surface area contributed by atoms with Crippen LogP contribution in [0.3, 0.4) is 0 Å². The number of rotatable bonds is 32. The molecular formula is C41H78ClN. The van der Waals surface area contributed by atoms with E-state index < -0.39 is 0 Å². The number of halogens is 1. The number of unbranched alkanes of at least 4 members (excludes halogenated alkanes) is 26. The van der Waals surface area contributed by atoms with Crippen molar-refractivity contribution in [2.45, 2.75) is 212 Å². The summed E-state index contributed by atoms with van der Waals surface area (Å²) in [5.74, 6) is 0. The molecule has 0 saturated heterocycles. The summed E-state index contributed by atoms with van der Waals surface area (Å²) in [5, 5.41) is 0. The SMILES string of the molecule is CCCCCCCCCCCCCCCCC(CCCCCCCCCCCCCCCC)(c1ccccc1)N(C)C.Cl. The molecule has 0 N–H and O–H groups in total. The van der Waals surface area contributed by atoms with Gasteiger partial charge in [-0.05, 0) is 32.5 Å². The van der Waals surface area contributed by atoms with Gasteiger partial charge in [-0.1, -0.05) is 224 Å². The summed E-state index contributed by atoms with van der Waals surface area (Å²) < 4.78 is 0. The molecule has 0 heterocycles. The minimum absolute atomic E-state index is 0. The van der Waals surface area contributed by atoms with E-state index in [4.69, 9.17) is 0 Å². The van der Waals surface area contributed by atoms with E-state index in [0.29, 0.717) is 0 Å². The first-order valence-corrected chi connectivity index (χ1v) is 19.4. The lowest BCUT2D eigenvalue weighted by Gasteiger charge is -2.41. The Bertz CT molecular complexity index is 625. The van der Waals surface area contributed by atoms with Crippen LogP contribution in [0.5, 0.6) is 0 Å². The Balaban J connectivity index is 0.0000176. The van der Waals surface area contributed by atoms with Crippen molar-refractivity contribution < 1.29 is 0 Å². The van der Waals surface area contributed by atoms with Crippen LogP contribution in [0.25, 0.3) is 0 Å². The van der Waals surface area contributed by atoms with Crippen LogP contribution in [-0.2, 0) is 5.54 Å². The molecule has 0 amide bonds. The van der Waals surface area contributed by atoms with Crippen molar-refractivity contribution >= 4 is 12.4 Å². The molecule has 0 radical (unpaired) electrons. The second-order valence-electron chi connectivity index (χ2n) is 14.0. The molecule has 0 aliphatic heterocycles. The maximum atomic E-state index is 2.56. The number of hydrogen-bond donors (Lipinski definition) is 0. The van der Waals surface area contributed by atoms with E-state index in [1.165, 1.54) is 193 Å². The molecule has 0 atom stereocenters. The molecule has 0 aliphatic carbocycles. The van der Waals surface area contributed by atoms with E-state index in [1.54, 1.807) is 5.56 Å². The van der Waals surface area contributed by atoms with Crippen molar-refractivity contribution in [3.8, 4) is 0 Å². The quantitative estimate of drug-likeness (QED) is 0.0725. The molecule has 1 aromatic rings. The number of nitrogens with zero attached hydrogens (tertiary/aromatic N) is 1. The van der Waals surface area contributed by atoms with Gasteiger partial charge in [-0.2, -0.15) is 0 Å². The first-order chi connectivity index (χ1) is 20.7. The van der Waals surface area contributed by atoms with Crippen LogP contribution in [0.2, 0.25) is 0 Å². The summed E-state index contributed by atoms with van der Waals surface area (Å²) in [6.07, 6.45) is 42.8. The normalized spacial score (nSPS) is 11.7. The Hall–Kier alpha value is -0.530. The summed E-state index contributed by atoms with van der Waals surface area (Å²) >= 11 is 0. The van der Waals surface area contributed by atoms with E-state index in [1.807, 2.05) is 0 Å². The Morgan fingerprint density at radius 3 is 0.907 bits per heavy atom. The standard InChI is InChI=1S/C41H77N.ClH/c1-5-7-9-11-13-15-17-19-21-23-25-27-29-34-38-41(42(3)4,40-36-32-31-33-37-40)39-35-30-28-26-24-22-20-18-16-14-12-10-8-6-2;/h31-33,36-37H,5-30,34-35,38-39H2,1-4H3;1H. The van der Waals surface area contributed by atoms with Gasteiger partial charge in [0.1, 0.15) is 0 Å². The van der Waals surface area contributed by atoms with Gasteiger partial charge in [0.05, 0.1) is 0 Å². The third kappa shape index (κ3) is 22.6. The van der Waals surface area contributed by atoms with Gasteiger partial charge in [0.25, 0.3) is 0 Å². The second kappa shape index (κ2) is 31.5. The minimum Gasteiger partial charge on any atom is -0.300 e. The summed E-state index contributed by atoms with van der Waals surface area (Å²) in [6.45, 7) is 4.62. The molecule has 0 unspecified atom stereocenters. The van der Waals surface area contributed by atoms with Crippen LogP contribution in [0.15, 0.2) is 30.3 Å². The number of hydrogen-bond acceptors (Lipinski definition) is 1. The van der Waals surface area contributed by atoms with Crippen LogP contribution in [0.4, 0.5) is 0 Å². The molecule has 1 nitrogen and oxygen atoms in total. The van der Waals surface area contributed by atoms with E-state index in [0.717, 1.165) is 0 Å². The molecule has 1 aromatic carbocycles. The molecule has 1 rings (SSSR count). The third-order valence-electron chi connectivity index (χ3n) is 10.1. The van der Waals surface area contributed by atoms with Crippen LogP contribution in [0.1, 0.15) is 212 Å². The highest BCUT2D eigenvalue weighted by Gasteiger charge is 2.33. The highest BCUT2D eigenvalue weighted by atomic mass is 35.5. The Morgan fingerprint density at radius 1 is 0.395 bits per heavy atom. The maximum absolute atomic E-state index is 2.56. The van der Waals surface area contributed by atoms with Crippen molar-refractivity contribution in [1.29, 1.82) is 0 Å². The average molecular weight is 621 g/mol.